The molecular formula is C12H17Cl2N5OS. The molecule has 2 heterocycles. The van der Waals surface area contributed by atoms with Crippen molar-refractivity contribution in [2.45, 2.75) is 19.9 Å². The third-order valence-electron chi connectivity index (χ3n) is 2.44. The lowest BCUT2D eigenvalue weighted by atomic mass is 10.3. The Morgan fingerprint density at radius 3 is 2.62 bits per heavy atom. The van der Waals surface area contributed by atoms with Gasteiger partial charge in [0.25, 0.3) is 5.91 Å². The van der Waals surface area contributed by atoms with Gasteiger partial charge in [0.2, 0.25) is 0 Å². The van der Waals surface area contributed by atoms with Crippen LogP contribution in [0.2, 0.25) is 0 Å². The van der Waals surface area contributed by atoms with E-state index in [-0.39, 0.29) is 30.7 Å². The first-order valence-electron chi connectivity index (χ1n) is 5.91. The molecule has 0 aliphatic heterocycles. The van der Waals surface area contributed by atoms with Crippen LogP contribution in [0.4, 0.5) is 0 Å². The van der Waals surface area contributed by atoms with Gasteiger partial charge in [-0.25, -0.2) is 15.0 Å². The number of thiazole rings is 1. The molecule has 3 N–H and O–H groups in total. The standard InChI is InChI=1S/C12H15N5OS.2ClH/c1-8-11(17-10(19-8)3-4-13)12(18)16-7-9-14-5-2-6-15-9;;/h2,5-6H,3-4,7,13H2,1H3,(H,16,18);2*1H. The monoisotopic (exact) mass is 349 g/mol. The minimum absolute atomic E-state index is 0. The van der Waals surface area contributed by atoms with Crippen LogP contribution in [0, 0.1) is 6.92 Å². The smallest absolute Gasteiger partial charge is 0.271 e. The maximum absolute atomic E-state index is 12.0. The summed E-state index contributed by atoms with van der Waals surface area (Å²) in [6.07, 6.45) is 3.98. The van der Waals surface area contributed by atoms with E-state index in [1.54, 1.807) is 18.5 Å². The molecule has 21 heavy (non-hydrogen) atoms. The van der Waals surface area contributed by atoms with E-state index in [1.165, 1.54) is 11.3 Å². The lowest BCUT2D eigenvalue weighted by Gasteiger charge is -2.02. The predicted molar refractivity (Wildman–Crippen MR) is 87.3 cm³/mol. The minimum atomic E-state index is -0.204. The van der Waals surface area contributed by atoms with Crippen LogP contribution in [0.25, 0.3) is 0 Å². The van der Waals surface area contributed by atoms with Crippen molar-refractivity contribution in [1.82, 2.24) is 20.3 Å². The van der Waals surface area contributed by atoms with Gasteiger partial charge in [0.15, 0.2) is 0 Å². The number of nitrogens with one attached hydrogen (secondary N) is 1. The number of nitrogens with zero attached hydrogens (tertiary/aromatic N) is 3. The maximum atomic E-state index is 12.0. The first-order valence-corrected chi connectivity index (χ1v) is 6.73. The largest absolute Gasteiger partial charge is 0.343 e. The maximum Gasteiger partial charge on any atom is 0.271 e. The van der Waals surface area contributed by atoms with Crippen LogP contribution >= 0.6 is 36.2 Å². The zero-order valence-corrected chi connectivity index (χ0v) is 13.9. The van der Waals surface area contributed by atoms with Gasteiger partial charge >= 0.3 is 0 Å². The zero-order valence-electron chi connectivity index (χ0n) is 11.4. The molecule has 0 bridgehead atoms. The van der Waals surface area contributed by atoms with Gasteiger partial charge in [-0.05, 0) is 19.5 Å². The summed E-state index contributed by atoms with van der Waals surface area (Å²) in [6.45, 7) is 2.71. The lowest BCUT2D eigenvalue weighted by molar-refractivity contribution is 0.0945. The Labute approximate surface area is 139 Å². The summed E-state index contributed by atoms with van der Waals surface area (Å²) in [5, 5.41) is 3.65. The molecular weight excluding hydrogens is 333 g/mol. The molecule has 0 saturated heterocycles. The van der Waals surface area contributed by atoms with Gasteiger partial charge in [-0.2, -0.15) is 0 Å². The summed E-state index contributed by atoms with van der Waals surface area (Å²) < 4.78 is 0. The van der Waals surface area contributed by atoms with Crippen LogP contribution in [0.15, 0.2) is 18.5 Å². The van der Waals surface area contributed by atoms with Gasteiger partial charge in [0, 0.05) is 23.7 Å². The lowest BCUT2D eigenvalue weighted by Crippen LogP contribution is -2.24. The highest BCUT2D eigenvalue weighted by molar-refractivity contribution is 7.11. The number of carbonyl (C=O) groups excluding carboxylic acids is 1. The van der Waals surface area contributed by atoms with Gasteiger partial charge in [-0.15, -0.1) is 36.2 Å². The fraction of sp³-hybridized carbons (Fsp3) is 0.333. The van der Waals surface area contributed by atoms with Crippen molar-refractivity contribution in [3.05, 3.63) is 39.9 Å². The van der Waals surface area contributed by atoms with Gasteiger partial charge in [-0.3, -0.25) is 4.79 Å². The van der Waals surface area contributed by atoms with E-state index >= 15 is 0 Å². The average Bonchev–Trinajstić information content (AvgIpc) is 2.79. The highest BCUT2D eigenvalue weighted by Gasteiger charge is 2.15. The second kappa shape index (κ2) is 9.62. The van der Waals surface area contributed by atoms with E-state index in [1.807, 2.05) is 6.92 Å². The molecule has 2 rings (SSSR count). The zero-order chi connectivity index (χ0) is 13.7. The number of rotatable bonds is 5. The highest BCUT2D eigenvalue weighted by atomic mass is 35.5. The molecule has 0 aliphatic rings. The average molecular weight is 350 g/mol. The summed E-state index contributed by atoms with van der Waals surface area (Å²) in [5.41, 5.74) is 5.94. The Morgan fingerprint density at radius 1 is 1.33 bits per heavy atom. The Kier molecular flexibility index (Phi) is 9.03. The number of hydrogen-bond donors (Lipinski definition) is 2. The molecule has 6 nitrogen and oxygen atoms in total. The number of carbonyl (C=O) groups is 1. The second-order valence-electron chi connectivity index (χ2n) is 3.90. The van der Waals surface area contributed by atoms with E-state index in [2.05, 4.69) is 20.3 Å². The fourth-order valence-corrected chi connectivity index (χ4v) is 2.50. The third kappa shape index (κ3) is 5.55. The Balaban J connectivity index is 0.00000200. The van der Waals surface area contributed by atoms with Gasteiger partial charge in [0.1, 0.15) is 11.5 Å². The first kappa shape index (κ1) is 19.7. The first-order chi connectivity index (χ1) is 9.20. The van der Waals surface area contributed by atoms with Crippen molar-refractivity contribution < 1.29 is 4.79 Å². The van der Waals surface area contributed by atoms with Crippen LogP contribution in [-0.4, -0.2) is 27.4 Å². The summed E-state index contributed by atoms with van der Waals surface area (Å²) in [7, 11) is 0. The van der Waals surface area contributed by atoms with E-state index in [9.17, 15) is 4.79 Å². The molecule has 2 aromatic rings. The molecule has 0 unspecified atom stereocenters. The molecule has 0 saturated carbocycles. The molecule has 0 spiro atoms. The fourth-order valence-electron chi connectivity index (χ4n) is 1.56. The second-order valence-corrected chi connectivity index (χ2v) is 5.19. The number of amides is 1. The van der Waals surface area contributed by atoms with E-state index in [0.29, 0.717) is 31.0 Å². The number of nitrogens with two attached hydrogens (primary N) is 1. The Morgan fingerprint density at radius 2 is 2.00 bits per heavy atom. The van der Waals surface area contributed by atoms with Gasteiger partial charge in [0.05, 0.1) is 11.6 Å². The Bertz CT molecular complexity index is 564. The number of aryl methyl sites for hydroxylation is 1. The van der Waals surface area contributed by atoms with Crippen molar-refractivity contribution in [3.8, 4) is 0 Å². The van der Waals surface area contributed by atoms with Crippen LogP contribution in [-0.2, 0) is 13.0 Å². The number of hydrogen-bond acceptors (Lipinski definition) is 6. The molecule has 2 aromatic heterocycles. The topological polar surface area (TPSA) is 93.8 Å². The molecule has 0 radical (unpaired) electrons. The van der Waals surface area contributed by atoms with Crippen LogP contribution in [0.1, 0.15) is 26.2 Å². The molecule has 1 amide bonds. The van der Waals surface area contributed by atoms with E-state index in [4.69, 9.17) is 5.73 Å². The van der Waals surface area contributed by atoms with Gasteiger partial charge < -0.3 is 11.1 Å². The summed E-state index contributed by atoms with van der Waals surface area (Å²) >= 11 is 1.51. The molecule has 0 aromatic carbocycles. The van der Waals surface area contributed by atoms with E-state index in [0.717, 1.165) is 9.88 Å². The van der Waals surface area contributed by atoms with E-state index < -0.39 is 0 Å². The van der Waals surface area contributed by atoms with Crippen molar-refractivity contribution in [3.63, 3.8) is 0 Å². The predicted octanol–water partition coefficient (Wildman–Crippen LogP) is 1.52. The molecule has 9 heteroatoms. The van der Waals surface area contributed by atoms with Crippen LogP contribution in [0.3, 0.4) is 0 Å². The SMILES string of the molecule is Cc1sc(CCN)nc1C(=O)NCc1ncccn1.Cl.Cl. The third-order valence-corrected chi connectivity index (χ3v) is 3.47. The number of halogens is 2. The quantitative estimate of drug-likeness (QED) is 0.853. The summed E-state index contributed by atoms with van der Waals surface area (Å²) in [4.78, 5) is 25.3. The normalized spacial score (nSPS) is 9.43. The van der Waals surface area contributed by atoms with Crippen molar-refractivity contribution >= 4 is 42.1 Å². The molecule has 0 atom stereocenters. The van der Waals surface area contributed by atoms with Crippen LogP contribution in [0.5, 0.6) is 0 Å². The van der Waals surface area contributed by atoms with Crippen LogP contribution < -0.4 is 11.1 Å². The summed E-state index contributed by atoms with van der Waals surface area (Å²) in [6, 6.07) is 1.73. The van der Waals surface area contributed by atoms with Crippen molar-refractivity contribution in [1.29, 1.82) is 0 Å². The molecule has 0 fully saturated rings. The number of aromatic nitrogens is 3. The van der Waals surface area contributed by atoms with Gasteiger partial charge in [-0.1, -0.05) is 0 Å². The molecule has 116 valence electrons. The summed E-state index contributed by atoms with van der Waals surface area (Å²) in [5.74, 6) is 0.371. The highest BCUT2D eigenvalue weighted by Crippen LogP contribution is 2.17. The molecule has 0 aliphatic carbocycles. The Hall–Kier alpha value is -1.28. The van der Waals surface area contributed by atoms with Crippen molar-refractivity contribution in [2.24, 2.45) is 5.73 Å². The van der Waals surface area contributed by atoms with Crippen molar-refractivity contribution in [2.75, 3.05) is 6.54 Å². The minimum Gasteiger partial charge on any atom is -0.343 e.